The quantitative estimate of drug-likeness (QED) is 0.929. The molecule has 1 aromatic rings. The third kappa shape index (κ3) is 2.61. The van der Waals surface area contributed by atoms with Gasteiger partial charge < -0.3 is 0 Å². The normalized spacial score (nSPS) is 29.0. The van der Waals surface area contributed by atoms with Crippen molar-refractivity contribution in [1.29, 1.82) is 0 Å². The number of halogens is 1. The van der Waals surface area contributed by atoms with Crippen molar-refractivity contribution >= 4 is 10.0 Å². The van der Waals surface area contributed by atoms with Crippen LogP contribution >= 0.6 is 0 Å². The first-order valence-corrected chi connectivity index (χ1v) is 8.70. The number of sulfonamides is 1. The van der Waals surface area contributed by atoms with Crippen LogP contribution in [-0.2, 0) is 10.0 Å². The lowest BCUT2D eigenvalue weighted by Gasteiger charge is -2.22. The van der Waals surface area contributed by atoms with E-state index in [9.17, 15) is 12.8 Å². The number of nitrogens with one attached hydrogen (secondary N) is 1. The molecule has 20 heavy (non-hydrogen) atoms. The molecule has 2 aliphatic carbocycles. The molecule has 5 heteroatoms. The standard InChI is InChI=1S/C15H20FNO2S/c1-10-6-14(16)4-5-15(10)20(18,19)17-9-13-8-11-2-3-12(13)7-11/h4-6,11-13,17H,2-3,7-9H2,1H3/t11-,12-,13-/m1/s1. The Hall–Kier alpha value is -0.940. The first-order valence-electron chi connectivity index (χ1n) is 7.21. The summed E-state index contributed by atoms with van der Waals surface area (Å²) in [7, 11) is -3.53. The van der Waals surface area contributed by atoms with Gasteiger partial charge in [0.2, 0.25) is 10.0 Å². The Morgan fingerprint density at radius 1 is 1.30 bits per heavy atom. The Balaban J connectivity index is 1.69. The summed E-state index contributed by atoms with van der Waals surface area (Å²) in [6.45, 7) is 2.13. The van der Waals surface area contributed by atoms with E-state index >= 15 is 0 Å². The lowest BCUT2D eigenvalue weighted by Crippen LogP contribution is -2.32. The van der Waals surface area contributed by atoms with Crippen molar-refractivity contribution in [2.24, 2.45) is 17.8 Å². The summed E-state index contributed by atoms with van der Waals surface area (Å²) in [5.41, 5.74) is 0.449. The van der Waals surface area contributed by atoms with Crippen LogP contribution in [0, 0.1) is 30.5 Å². The van der Waals surface area contributed by atoms with Gasteiger partial charge in [0.05, 0.1) is 4.90 Å². The van der Waals surface area contributed by atoms with Crippen molar-refractivity contribution < 1.29 is 12.8 Å². The first kappa shape index (κ1) is 14.0. The maximum atomic E-state index is 13.1. The van der Waals surface area contributed by atoms with Crippen LogP contribution in [-0.4, -0.2) is 15.0 Å². The Labute approximate surface area is 119 Å². The Morgan fingerprint density at radius 3 is 2.70 bits per heavy atom. The highest BCUT2D eigenvalue weighted by molar-refractivity contribution is 7.89. The number of fused-ring (bicyclic) bond motifs is 2. The Kier molecular flexibility index (Phi) is 3.58. The third-order valence-electron chi connectivity index (χ3n) is 4.85. The van der Waals surface area contributed by atoms with Crippen LogP contribution < -0.4 is 4.72 Å². The van der Waals surface area contributed by atoms with E-state index in [2.05, 4.69) is 4.72 Å². The van der Waals surface area contributed by atoms with Crippen molar-refractivity contribution in [3.63, 3.8) is 0 Å². The van der Waals surface area contributed by atoms with Gasteiger partial charge in [0.1, 0.15) is 5.82 Å². The molecule has 110 valence electrons. The average Bonchev–Trinajstić information content (AvgIpc) is 2.98. The first-order chi connectivity index (χ1) is 9.45. The molecule has 0 saturated heterocycles. The maximum absolute atomic E-state index is 13.1. The minimum Gasteiger partial charge on any atom is -0.211 e. The second-order valence-electron chi connectivity index (χ2n) is 6.20. The Morgan fingerprint density at radius 2 is 2.10 bits per heavy atom. The number of rotatable bonds is 4. The van der Waals surface area contributed by atoms with Gasteiger partial charge in [-0.15, -0.1) is 0 Å². The van der Waals surface area contributed by atoms with E-state index in [4.69, 9.17) is 0 Å². The molecule has 2 aliphatic rings. The van der Waals surface area contributed by atoms with E-state index in [1.165, 1.54) is 37.5 Å². The van der Waals surface area contributed by atoms with Gasteiger partial charge in [0.25, 0.3) is 0 Å². The van der Waals surface area contributed by atoms with Gasteiger partial charge in [-0.1, -0.05) is 6.42 Å². The maximum Gasteiger partial charge on any atom is 0.240 e. The van der Waals surface area contributed by atoms with E-state index in [0.717, 1.165) is 12.3 Å². The topological polar surface area (TPSA) is 46.2 Å². The molecule has 0 amide bonds. The molecule has 3 rings (SSSR count). The predicted molar refractivity (Wildman–Crippen MR) is 75.3 cm³/mol. The summed E-state index contributed by atoms with van der Waals surface area (Å²) in [5, 5.41) is 0. The van der Waals surface area contributed by atoms with Crippen LogP contribution in [0.2, 0.25) is 0 Å². The molecule has 2 bridgehead atoms. The highest BCUT2D eigenvalue weighted by Gasteiger charge is 2.39. The average molecular weight is 297 g/mol. The minimum absolute atomic E-state index is 0.182. The van der Waals surface area contributed by atoms with Crippen LogP contribution in [0.25, 0.3) is 0 Å². The van der Waals surface area contributed by atoms with E-state index in [0.29, 0.717) is 23.9 Å². The smallest absolute Gasteiger partial charge is 0.211 e. The zero-order valence-corrected chi connectivity index (χ0v) is 12.4. The molecule has 0 aliphatic heterocycles. The van der Waals surface area contributed by atoms with Gasteiger partial charge in [-0.05, 0) is 67.7 Å². The van der Waals surface area contributed by atoms with Crippen molar-refractivity contribution in [2.75, 3.05) is 6.54 Å². The van der Waals surface area contributed by atoms with Gasteiger partial charge in [-0.2, -0.15) is 0 Å². The van der Waals surface area contributed by atoms with E-state index < -0.39 is 15.8 Å². The highest BCUT2D eigenvalue weighted by Crippen LogP contribution is 2.48. The summed E-state index contributed by atoms with van der Waals surface area (Å²) in [5.74, 6) is 1.57. The van der Waals surface area contributed by atoms with Crippen LogP contribution in [0.3, 0.4) is 0 Å². The van der Waals surface area contributed by atoms with Gasteiger partial charge in [0, 0.05) is 6.54 Å². The fraction of sp³-hybridized carbons (Fsp3) is 0.600. The molecule has 3 nitrogen and oxygen atoms in total. The van der Waals surface area contributed by atoms with Gasteiger partial charge in [-0.25, -0.2) is 17.5 Å². The van der Waals surface area contributed by atoms with Crippen LogP contribution in [0.4, 0.5) is 4.39 Å². The second kappa shape index (κ2) is 5.11. The monoisotopic (exact) mass is 297 g/mol. The lowest BCUT2D eigenvalue weighted by molar-refractivity contribution is 0.333. The third-order valence-corrected chi connectivity index (χ3v) is 6.43. The summed E-state index contributed by atoms with van der Waals surface area (Å²) in [6, 6.07) is 3.79. The molecular formula is C15H20FNO2S. The van der Waals surface area contributed by atoms with Crippen molar-refractivity contribution in [2.45, 2.75) is 37.5 Å². The van der Waals surface area contributed by atoms with E-state index in [-0.39, 0.29) is 4.90 Å². The number of benzene rings is 1. The molecule has 0 unspecified atom stereocenters. The van der Waals surface area contributed by atoms with Gasteiger partial charge in [-0.3, -0.25) is 0 Å². The van der Waals surface area contributed by atoms with Gasteiger partial charge >= 0.3 is 0 Å². The Bertz CT molecular complexity index is 614. The van der Waals surface area contributed by atoms with Gasteiger partial charge in [0.15, 0.2) is 0 Å². The number of hydrogen-bond donors (Lipinski definition) is 1. The summed E-state index contributed by atoms with van der Waals surface area (Å²) in [6.07, 6.45) is 4.97. The summed E-state index contributed by atoms with van der Waals surface area (Å²) >= 11 is 0. The van der Waals surface area contributed by atoms with Crippen LogP contribution in [0.1, 0.15) is 31.2 Å². The molecule has 0 radical (unpaired) electrons. The summed E-state index contributed by atoms with van der Waals surface area (Å²) < 4.78 is 40.4. The largest absolute Gasteiger partial charge is 0.240 e. The zero-order valence-electron chi connectivity index (χ0n) is 11.6. The predicted octanol–water partition coefficient (Wildman–Crippen LogP) is 2.85. The highest BCUT2D eigenvalue weighted by atomic mass is 32.2. The lowest BCUT2D eigenvalue weighted by atomic mass is 9.89. The summed E-state index contributed by atoms with van der Waals surface area (Å²) in [4.78, 5) is 0.182. The van der Waals surface area contributed by atoms with Crippen molar-refractivity contribution in [1.82, 2.24) is 4.72 Å². The minimum atomic E-state index is -3.53. The van der Waals surface area contributed by atoms with Crippen LogP contribution in [0.15, 0.2) is 23.1 Å². The number of hydrogen-bond acceptors (Lipinski definition) is 2. The molecule has 0 spiro atoms. The SMILES string of the molecule is Cc1cc(F)ccc1S(=O)(=O)NC[C@H]1C[C@@H]2CC[C@@H]1C2. The van der Waals surface area contributed by atoms with Crippen molar-refractivity contribution in [3.05, 3.63) is 29.6 Å². The molecule has 2 saturated carbocycles. The zero-order chi connectivity index (χ0) is 14.3. The fourth-order valence-corrected chi connectivity index (χ4v) is 5.15. The van der Waals surface area contributed by atoms with E-state index in [1.54, 1.807) is 6.92 Å². The molecule has 3 atom stereocenters. The molecule has 0 aromatic heterocycles. The molecule has 0 heterocycles. The van der Waals surface area contributed by atoms with E-state index in [1.807, 2.05) is 0 Å². The number of aryl methyl sites for hydroxylation is 1. The van der Waals surface area contributed by atoms with Crippen molar-refractivity contribution in [3.8, 4) is 0 Å². The molecule has 2 fully saturated rings. The van der Waals surface area contributed by atoms with Crippen LogP contribution in [0.5, 0.6) is 0 Å². The molecular weight excluding hydrogens is 277 g/mol. The molecule has 1 N–H and O–H groups in total. The second-order valence-corrected chi connectivity index (χ2v) is 7.93. The molecule has 1 aromatic carbocycles. The fourth-order valence-electron chi connectivity index (χ4n) is 3.84.